The van der Waals surface area contributed by atoms with Crippen molar-refractivity contribution in [1.29, 1.82) is 0 Å². The van der Waals surface area contributed by atoms with Gasteiger partial charge in [0.25, 0.3) is 11.8 Å². The summed E-state index contributed by atoms with van der Waals surface area (Å²) in [4.78, 5) is 34.0. The molecule has 0 spiro atoms. The minimum absolute atomic E-state index is 0.0173. The molecule has 2 aliphatic rings. The zero-order valence-electron chi connectivity index (χ0n) is 15.1. The fourth-order valence-electron chi connectivity index (χ4n) is 3.94. The van der Waals surface area contributed by atoms with E-state index in [0.717, 1.165) is 39.1 Å². The highest BCUT2D eigenvalue weighted by molar-refractivity contribution is 5.93. The molecule has 0 radical (unpaired) electrons. The van der Waals surface area contributed by atoms with Crippen LogP contribution in [0.5, 0.6) is 0 Å². The molecule has 1 aromatic heterocycles. The Hall–Kier alpha value is -2.06. The van der Waals surface area contributed by atoms with E-state index in [-0.39, 0.29) is 22.8 Å². The number of hydrogen-bond acceptors (Lipinski definition) is 6. The predicted octanol–water partition coefficient (Wildman–Crippen LogP) is 0.730. The minimum atomic E-state index is -0.658. The molecule has 3 N–H and O–H groups in total. The summed E-state index contributed by atoms with van der Waals surface area (Å²) in [6.45, 7) is 3.89. The monoisotopic (exact) mass is 361 g/mol. The number of rotatable bonds is 5. The number of hydrogen-bond donors (Lipinski definition) is 2. The Morgan fingerprint density at radius 1 is 1.08 bits per heavy atom. The van der Waals surface area contributed by atoms with Crippen molar-refractivity contribution in [3.8, 4) is 0 Å². The lowest BCUT2D eigenvalue weighted by Crippen LogP contribution is -2.58. The molecule has 1 aliphatic carbocycles. The SMILES string of the molecule is NC(=O)c1cnc(C(=O)NCC2(N3CCOCC3)CCCCCC2)cn1. The van der Waals surface area contributed by atoms with E-state index in [9.17, 15) is 9.59 Å². The molecule has 2 amide bonds. The van der Waals surface area contributed by atoms with Crippen LogP contribution in [-0.4, -0.2) is 65.1 Å². The van der Waals surface area contributed by atoms with Gasteiger partial charge in [0.05, 0.1) is 25.6 Å². The van der Waals surface area contributed by atoms with Crippen molar-refractivity contribution in [2.24, 2.45) is 5.73 Å². The molecule has 1 saturated heterocycles. The second kappa shape index (κ2) is 8.55. The first-order valence-electron chi connectivity index (χ1n) is 9.34. The van der Waals surface area contributed by atoms with E-state index in [1.807, 2.05) is 0 Å². The van der Waals surface area contributed by atoms with Gasteiger partial charge in [-0.2, -0.15) is 0 Å². The minimum Gasteiger partial charge on any atom is -0.379 e. The topological polar surface area (TPSA) is 110 Å². The van der Waals surface area contributed by atoms with Crippen molar-refractivity contribution in [3.63, 3.8) is 0 Å². The van der Waals surface area contributed by atoms with E-state index in [4.69, 9.17) is 10.5 Å². The van der Waals surface area contributed by atoms with Gasteiger partial charge in [0.15, 0.2) is 0 Å². The smallest absolute Gasteiger partial charge is 0.271 e. The van der Waals surface area contributed by atoms with Gasteiger partial charge in [-0.25, -0.2) is 9.97 Å². The van der Waals surface area contributed by atoms with Crippen LogP contribution in [0.2, 0.25) is 0 Å². The van der Waals surface area contributed by atoms with Crippen molar-refractivity contribution in [2.75, 3.05) is 32.8 Å². The van der Waals surface area contributed by atoms with Crippen LogP contribution in [0.15, 0.2) is 12.4 Å². The van der Waals surface area contributed by atoms with E-state index >= 15 is 0 Å². The van der Waals surface area contributed by atoms with Crippen molar-refractivity contribution < 1.29 is 14.3 Å². The fraction of sp³-hybridized carbons (Fsp3) is 0.667. The van der Waals surface area contributed by atoms with Gasteiger partial charge in [-0.15, -0.1) is 0 Å². The second-order valence-corrected chi connectivity index (χ2v) is 7.07. The molecular weight excluding hydrogens is 334 g/mol. The third kappa shape index (κ3) is 4.37. The summed E-state index contributed by atoms with van der Waals surface area (Å²) in [5.74, 6) is -0.931. The fourth-order valence-corrected chi connectivity index (χ4v) is 3.94. The molecule has 0 unspecified atom stereocenters. The molecule has 26 heavy (non-hydrogen) atoms. The molecule has 3 rings (SSSR count). The highest BCUT2D eigenvalue weighted by Crippen LogP contribution is 2.32. The van der Waals surface area contributed by atoms with Crippen LogP contribution in [0.3, 0.4) is 0 Å². The number of nitrogens with zero attached hydrogens (tertiary/aromatic N) is 3. The van der Waals surface area contributed by atoms with Gasteiger partial charge in [0.1, 0.15) is 11.4 Å². The lowest BCUT2D eigenvalue weighted by Gasteiger charge is -2.45. The zero-order chi connectivity index (χ0) is 18.4. The van der Waals surface area contributed by atoms with E-state index in [1.54, 1.807) is 0 Å². The first-order chi connectivity index (χ1) is 12.6. The molecule has 0 bridgehead atoms. The average molecular weight is 361 g/mol. The number of ether oxygens (including phenoxy) is 1. The Labute approximate surface area is 153 Å². The lowest BCUT2D eigenvalue weighted by atomic mass is 9.87. The van der Waals surface area contributed by atoms with E-state index < -0.39 is 5.91 Å². The highest BCUT2D eigenvalue weighted by atomic mass is 16.5. The summed E-state index contributed by atoms with van der Waals surface area (Å²) >= 11 is 0. The maximum Gasteiger partial charge on any atom is 0.271 e. The first kappa shape index (κ1) is 18.7. The maximum atomic E-state index is 12.5. The third-order valence-electron chi connectivity index (χ3n) is 5.43. The van der Waals surface area contributed by atoms with Gasteiger partial charge in [-0.3, -0.25) is 14.5 Å². The van der Waals surface area contributed by atoms with Crippen LogP contribution in [0.1, 0.15) is 59.5 Å². The van der Waals surface area contributed by atoms with Crippen LogP contribution in [0, 0.1) is 0 Å². The Kier molecular flexibility index (Phi) is 6.16. The second-order valence-electron chi connectivity index (χ2n) is 7.07. The summed E-state index contributed by atoms with van der Waals surface area (Å²) in [5.41, 5.74) is 5.38. The van der Waals surface area contributed by atoms with Gasteiger partial charge in [0, 0.05) is 25.2 Å². The molecule has 8 nitrogen and oxygen atoms in total. The Bertz CT molecular complexity index is 620. The number of nitrogens with one attached hydrogen (secondary N) is 1. The summed E-state index contributed by atoms with van der Waals surface area (Å²) < 4.78 is 5.51. The van der Waals surface area contributed by atoms with Crippen molar-refractivity contribution >= 4 is 11.8 Å². The Morgan fingerprint density at radius 2 is 1.69 bits per heavy atom. The highest BCUT2D eigenvalue weighted by Gasteiger charge is 2.38. The lowest BCUT2D eigenvalue weighted by molar-refractivity contribution is -0.0281. The summed E-state index contributed by atoms with van der Waals surface area (Å²) in [6, 6.07) is 0. The zero-order valence-corrected chi connectivity index (χ0v) is 15.1. The van der Waals surface area contributed by atoms with Gasteiger partial charge >= 0.3 is 0 Å². The third-order valence-corrected chi connectivity index (χ3v) is 5.43. The van der Waals surface area contributed by atoms with E-state index in [1.165, 1.54) is 38.1 Å². The molecular formula is C18H27N5O3. The molecule has 1 aromatic rings. The summed E-state index contributed by atoms with van der Waals surface area (Å²) in [7, 11) is 0. The molecule has 1 aliphatic heterocycles. The number of aromatic nitrogens is 2. The predicted molar refractivity (Wildman–Crippen MR) is 95.7 cm³/mol. The van der Waals surface area contributed by atoms with Crippen LogP contribution < -0.4 is 11.1 Å². The number of morpholine rings is 1. The van der Waals surface area contributed by atoms with Crippen molar-refractivity contribution in [1.82, 2.24) is 20.2 Å². The van der Waals surface area contributed by atoms with Crippen LogP contribution in [-0.2, 0) is 4.74 Å². The number of nitrogens with two attached hydrogens (primary N) is 1. The molecule has 0 atom stereocenters. The summed E-state index contributed by atoms with van der Waals surface area (Å²) in [5, 5.41) is 3.04. The maximum absolute atomic E-state index is 12.5. The molecule has 142 valence electrons. The first-order valence-corrected chi connectivity index (χ1v) is 9.34. The quantitative estimate of drug-likeness (QED) is 0.748. The number of carbonyl (C=O) groups is 2. The summed E-state index contributed by atoms with van der Waals surface area (Å²) in [6.07, 6.45) is 9.56. The van der Waals surface area contributed by atoms with E-state index in [0.29, 0.717) is 6.54 Å². The van der Waals surface area contributed by atoms with Crippen molar-refractivity contribution in [2.45, 2.75) is 44.1 Å². The Morgan fingerprint density at radius 3 is 2.27 bits per heavy atom. The normalized spacial score (nSPS) is 20.9. The van der Waals surface area contributed by atoms with Gasteiger partial charge in [0.2, 0.25) is 0 Å². The largest absolute Gasteiger partial charge is 0.379 e. The standard InChI is InChI=1S/C18H27N5O3/c19-16(24)14-11-21-15(12-20-14)17(25)22-13-18(5-3-1-2-4-6-18)23-7-9-26-10-8-23/h11-12H,1-10,13H2,(H2,19,24)(H,22,25). The molecule has 0 aromatic carbocycles. The van der Waals surface area contributed by atoms with Crippen LogP contribution in [0.4, 0.5) is 0 Å². The number of primary amides is 1. The van der Waals surface area contributed by atoms with E-state index in [2.05, 4.69) is 20.2 Å². The van der Waals surface area contributed by atoms with Crippen LogP contribution >= 0.6 is 0 Å². The van der Waals surface area contributed by atoms with Gasteiger partial charge < -0.3 is 15.8 Å². The van der Waals surface area contributed by atoms with Crippen molar-refractivity contribution in [3.05, 3.63) is 23.8 Å². The van der Waals surface area contributed by atoms with Gasteiger partial charge in [-0.1, -0.05) is 25.7 Å². The van der Waals surface area contributed by atoms with Crippen LogP contribution in [0.25, 0.3) is 0 Å². The Balaban J connectivity index is 1.68. The number of carbonyl (C=O) groups excluding carboxylic acids is 2. The molecule has 1 saturated carbocycles. The molecule has 2 fully saturated rings. The number of amides is 2. The van der Waals surface area contributed by atoms with Gasteiger partial charge in [-0.05, 0) is 12.8 Å². The molecule has 8 heteroatoms. The molecule has 2 heterocycles. The average Bonchev–Trinajstić information content (AvgIpc) is 2.93.